The first kappa shape index (κ1) is 9.79. The van der Waals surface area contributed by atoms with Gasteiger partial charge in [0, 0.05) is 15.3 Å². The second-order valence-corrected chi connectivity index (χ2v) is 4.68. The number of hydrogen-bond acceptors (Lipinski definition) is 3. The third-order valence-corrected chi connectivity index (χ3v) is 3.47. The van der Waals surface area contributed by atoms with Gasteiger partial charge in [0.2, 0.25) is 5.78 Å². The highest BCUT2D eigenvalue weighted by Crippen LogP contribution is 2.17. The summed E-state index contributed by atoms with van der Waals surface area (Å²) in [5.74, 6) is 0.0532. The highest BCUT2D eigenvalue weighted by atomic mass is 127. The molecule has 1 aromatic heterocycles. The molecule has 0 saturated carbocycles. The van der Waals surface area contributed by atoms with Gasteiger partial charge in [-0.15, -0.1) is 0 Å². The van der Waals surface area contributed by atoms with Gasteiger partial charge >= 0.3 is 0 Å². The van der Waals surface area contributed by atoms with Gasteiger partial charge in [0.1, 0.15) is 0 Å². The predicted molar refractivity (Wildman–Crippen MR) is 64.7 cm³/mol. The summed E-state index contributed by atoms with van der Waals surface area (Å²) >= 11 is 3.40. The van der Waals surface area contributed by atoms with Gasteiger partial charge in [0.15, 0.2) is 0 Å². The maximum atomic E-state index is 11.9. The molecule has 1 aromatic carbocycles. The molecule has 1 heterocycles. The van der Waals surface area contributed by atoms with Crippen molar-refractivity contribution in [2.45, 2.75) is 0 Å². The summed E-state index contributed by atoms with van der Waals surface area (Å²) in [4.78, 5) is 12.6. The lowest BCUT2D eigenvalue weighted by atomic mass is 10.1. The van der Waals surface area contributed by atoms with Crippen LogP contribution in [0.5, 0.6) is 0 Å². The van der Waals surface area contributed by atoms with E-state index < -0.39 is 0 Å². The van der Waals surface area contributed by atoms with Gasteiger partial charge in [0.05, 0.1) is 4.88 Å². The first-order valence-corrected chi connectivity index (χ1v) is 5.84. The van der Waals surface area contributed by atoms with E-state index in [4.69, 9.17) is 0 Å². The molecule has 14 heavy (non-hydrogen) atoms. The molecule has 0 unspecified atom stereocenters. The van der Waals surface area contributed by atoms with Crippen LogP contribution in [-0.2, 0) is 0 Å². The average molecular weight is 315 g/mol. The Morgan fingerprint density at radius 1 is 1.29 bits per heavy atom. The van der Waals surface area contributed by atoms with E-state index in [0.717, 1.165) is 9.13 Å². The SMILES string of the molecule is O=C(c1ccns1)c1ccccc1I. The number of halogens is 1. The lowest BCUT2D eigenvalue weighted by Crippen LogP contribution is -2.00. The van der Waals surface area contributed by atoms with Gasteiger partial charge in [-0.05, 0) is 52.3 Å². The zero-order valence-corrected chi connectivity index (χ0v) is 10.1. The molecule has 0 saturated heterocycles. The van der Waals surface area contributed by atoms with E-state index in [1.54, 1.807) is 12.3 Å². The van der Waals surface area contributed by atoms with Crippen LogP contribution in [0.15, 0.2) is 36.5 Å². The van der Waals surface area contributed by atoms with Gasteiger partial charge in [-0.2, -0.15) is 0 Å². The van der Waals surface area contributed by atoms with Crippen LogP contribution in [0.3, 0.4) is 0 Å². The first-order chi connectivity index (χ1) is 6.79. The van der Waals surface area contributed by atoms with Crippen molar-refractivity contribution in [2.75, 3.05) is 0 Å². The van der Waals surface area contributed by atoms with Crippen LogP contribution in [0.2, 0.25) is 0 Å². The minimum absolute atomic E-state index is 0.0532. The van der Waals surface area contributed by atoms with Gasteiger partial charge < -0.3 is 0 Å². The van der Waals surface area contributed by atoms with Crippen LogP contribution >= 0.6 is 34.1 Å². The van der Waals surface area contributed by atoms with Crippen molar-refractivity contribution in [1.29, 1.82) is 0 Å². The first-order valence-electron chi connectivity index (χ1n) is 3.99. The molecule has 4 heteroatoms. The number of carbonyl (C=O) groups excluding carboxylic acids is 1. The number of ketones is 1. The molecule has 70 valence electrons. The van der Waals surface area contributed by atoms with E-state index in [9.17, 15) is 4.79 Å². The largest absolute Gasteiger partial charge is 0.288 e. The lowest BCUT2D eigenvalue weighted by Gasteiger charge is -1.99. The Morgan fingerprint density at radius 3 is 2.71 bits per heavy atom. The highest BCUT2D eigenvalue weighted by molar-refractivity contribution is 14.1. The molecule has 2 nitrogen and oxygen atoms in total. The molecular formula is C10H6INOS. The zero-order chi connectivity index (χ0) is 9.97. The smallest absolute Gasteiger partial charge is 0.205 e. The summed E-state index contributed by atoms with van der Waals surface area (Å²) in [7, 11) is 0. The molecule has 2 aromatic rings. The summed E-state index contributed by atoms with van der Waals surface area (Å²) in [6.45, 7) is 0. The van der Waals surface area contributed by atoms with Crippen LogP contribution in [0.1, 0.15) is 15.2 Å². The molecule has 0 fully saturated rings. The van der Waals surface area contributed by atoms with Crippen molar-refractivity contribution in [1.82, 2.24) is 4.37 Å². The highest BCUT2D eigenvalue weighted by Gasteiger charge is 2.12. The zero-order valence-electron chi connectivity index (χ0n) is 7.11. The molecule has 0 aliphatic heterocycles. The Balaban J connectivity index is 2.42. The second-order valence-electron chi connectivity index (χ2n) is 2.69. The van der Waals surface area contributed by atoms with Crippen LogP contribution in [0, 0.1) is 3.57 Å². The van der Waals surface area contributed by atoms with E-state index in [1.807, 2.05) is 24.3 Å². The monoisotopic (exact) mass is 315 g/mol. The van der Waals surface area contributed by atoms with E-state index in [0.29, 0.717) is 4.88 Å². The van der Waals surface area contributed by atoms with Crippen LogP contribution in [-0.4, -0.2) is 10.2 Å². The topological polar surface area (TPSA) is 30.0 Å². The summed E-state index contributed by atoms with van der Waals surface area (Å²) < 4.78 is 4.89. The fraction of sp³-hybridized carbons (Fsp3) is 0. The molecule has 0 amide bonds. The van der Waals surface area contributed by atoms with Crippen LogP contribution in [0.25, 0.3) is 0 Å². The number of benzene rings is 1. The van der Waals surface area contributed by atoms with Gasteiger partial charge in [-0.1, -0.05) is 12.1 Å². The maximum Gasteiger partial charge on any atom is 0.205 e. The molecule has 2 rings (SSSR count). The molecule has 0 bridgehead atoms. The normalized spacial score (nSPS) is 10.1. The summed E-state index contributed by atoms with van der Waals surface area (Å²) in [5.41, 5.74) is 0.748. The van der Waals surface area contributed by atoms with Crippen molar-refractivity contribution < 1.29 is 4.79 Å². The molecular weight excluding hydrogens is 309 g/mol. The fourth-order valence-corrected chi connectivity index (χ4v) is 2.29. The van der Waals surface area contributed by atoms with Crippen molar-refractivity contribution >= 4 is 39.9 Å². The summed E-state index contributed by atoms with van der Waals surface area (Å²) in [6, 6.07) is 9.30. The number of carbonyl (C=O) groups is 1. The molecule has 0 atom stereocenters. The third-order valence-electron chi connectivity index (χ3n) is 1.78. The Bertz CT molecular complexity index is 453. The number of rotatable bonds is 2. The molecule has 0 radical (unpaired) electrons. The second kappa shape index (κ2) is 4.18. The van der Waals surface area contributed by atoms with Gasteiger partial charge in [-0.3, -0.25) is 4.79 Å². The minimum atomic E-state index is 0.0532. The Labute approximate surface area is 99.3 Å². The third kappa shape index (κ3) is 1.85. The maximum absolute atomic E-state index is 11.9. The lowest BCUT2D eigenvalue weighted by molar-refractivity contribution is 0.104. The van der Waals surface area contributed by atoms with E-state index in [-0.39, 0.29) is 5.78 Å². The molecule has 0 aliphatic carbocycles. The van der Waals surface area contributed by atoms with E-state index in [1.165, 1.54) is 11.5 Å². The van der Waals surface area contributed by atoms with Crippen molar-refractivity contribution in [3.63, 3.8) is 0 Å². The van der Waals surface area contributed by atoms with E-state index >= 15 is 0 Å². The van der Waals surface area contributed by atoms with Crippen molar-refractivity contribution in [2.24, 2.45) is 0 Å². The van der Waals surface area contributed by atoms with Gasteiger partial charge in [-0.25, -0.2) is 4.37 Å². The molecule has 0 spiro atoms. The Hall–Kier alpha value is -0.750. The standard InChI is InChI=1S/C10H6INOS/c11-8-4-2-1-3-7(8)10(13)9-5-6-12-14-9/h1-6H. The van der Waals surface area contributed by atoms with Crippen LogP contribution < -0.4 is 0 Å². The summed E-state index contributed by atoms with van der Waals surface area (Å²) in [6.07, 6.45) is 1.65. The quantitative estimate of drug-likeness (QED) is 0.630. The number of aromatic nitrogens is 1. The molecule has 0 N–H and O–H groups in total. The van der Waals surface area contributed by atoms with Crippen molar-refractivity contribution in [3.8, 4) is 0 Å². The molecule has 0 aliphatic rings. The number of nitrogens with zero attached hydrogens (tertiary/aromatic N) is 1. The van der Waals surface area contributed by atoms with Gasteiger partial charge in [0.25, 0.3) is 0 Å². The minimum Gasteiger partial charge on any atom is -0.288 e. The fourth-order valence-electron chi connectivity index (χ4n) is 1.11. The van der Waals surface area contributed by atoms with E-state index in [2.05, 4.69) is 27.0 Å². The Morgan fingerprint density at radius 2 is 2.07 bits per heavy atom. The Kier molecular flexibility index (Phi) is 2.93. The van der Waals surface area contributed by atoms with Crippen LogP contribution in [0.4, 0.5) is 0 Å². The summed E-state index contributed by atoms with van der Waals surface area (Å²) in [5, 5.41) is 0. The average Bonchev–Trinajstić information content (AvgIpc) is 2.70. The predicted octanol–water partition coefficient (Wildman–Crippen LogP) is 2.98. The van der Waals surface area contributed by atoms with Crippen molar-refractivity contribution in [3.05, 3.63) is 50.5 Å². The number of hydrogen-bond donors (Lipinski definition) is 0.